The fourth-order valence-electron chi connectivity index (χ4n) is 5.23. The molecule has 0 amide bonds. The molecule has 0 unspecified atom stereocenters. The smallest absolute Gasteiger partial charge is 0.146 e. The first-order valence-corrected chi connectivity index (χ1v) is 14.2. The lowest BCUT2D eigenvalue weighted by Gasteiger charge is -2.36. The van der Waals surface area contributed by atoms with Crippen LogP contribution in [0.4, 0.5) is 10.1 Å². The zero-order chi connectivity index (χ0) is 27.5. The van der Waals surface area contributed by atoms with E-state index < -0.39 is 0 Å². The minimum absolute atomic E-state index is 0.127. The number of halogens is 2. The summed E-state index contributed by atoms with van der Waals surface area (Å²) in [6.45, 7) is 11.7. The number of para-hydroxylation sites is 1. The second-order valence-corrected chi connectivity index (χ2v) is 9.92. The van der Waals surface area contributed by atoms with E-state index in [1.165, 1.54) is 11.3 Å². The van der Waals surface area contributed by atoms with Crippen molar-refractivity contribution in [2.45, 2.75) is 46.2 Å². The second kappa shape index (κ2) is 15.2. The highest BCUT2D eigenvalue weighted by Crippen LogP contribution is 2.30. The van der Waals surface area contributed by atoms with E-state index in [4.69, 9.17) is 21.8 Å². The van der Waals surface area contributed by atoms with E-state index in [9.17, 15) is 4.39 Å². The van der Waals surface area contributed by atoms with Crippen LogP contribution in [-0.4, -0.2) is 78.1 Å². The van der Waals surface area contributed by atoms with Crippen molar-refractivity contribution in [3.05, 3.63) is 70.6 Å². The van der Waals surface area contributed by atoms with Gasteiger partial charge in [-0.1, -0.05) is 49.7 Å². The normalized spacial score (nSPS) is 16.0. The van der Waals surface area contributed by atoms with Gasteiger partial charge in [0.15, 0.2) is 0 Å². The summed E-state index contributed by atoms with van der Waals surface area (Å²) in [7, 11) is 3.19. The molecule has 6 nitrogen and oxygen atoms in total. The number of piperazine rings is 1. The number of aromatic nitrogens is 2. The predicted molar refractivity (Wildman–Crippen MR) is 156 cm³/mol. The molecule has 0 spiro atoms. The Morgan fingerprint density at radius 3 is 2.29 bits per heavy atom. The van der Waals surface area contributed by atoms with Crippen LogP contribution in [0.2, 0.25) is 5.02 Å². The van der Waals surface area contributed by atoms with Gasteiger partial charge in [-0.15, -0.1) is 0 Å². The molecule has 208 valence electrons. The molecule has 1 N–H and O–H groups in total. The Bertz CT molecular complexity index is 1110. The Morgan fingerprint density at radius 2 is 1.61 bits per heavy atom. The van der Waals surface area contributed by atoms with Crippen LogP contribution < -0.4 is 4.90 Å². The quantitative estimate of drug-likeness (QED) is 0.440. The van der Waals surface area contributed by atoms with Crippen LogP contribution in [0.25, 0.3) is 11.3 Å². The molecule has 2 aliphatic rings. The summed E-state index contributed by atoms with van der Waals surface area (Å²) in [5.41, 5.74) is 5.71. The summed E-state index contributed by atoms with van der Waals surface area (Å²) in [6, 6.07) is 15.1. The van der Waals surface area contributed by atoms with E-state index in [1.54, 1.807) is 12.1 Å². The molecule has 8 heteroatoms. The Morgan fingerprint density at radius 1 is 0.921 bits per heavy atom. The number of aliphatic hydroxyl groups is 1. The average Bonchev–Trinajstić information content (AvgIpc) is 3.15. The van der Waals surface area contributed by atoms with Crippen molar-refractivity contribution in [2.24, 2.45) is 0 Å². The number of nitrogens with zero attached hydrogens (tertiary/aromatic N) is 5. The van der Waals surface area contributed by atoms with Gasteiger partial charge in [-0.25, -0.2) is 4.39 Å². The highest BCUT2D eigenvalue weighted by Gasteiger charge is 2.23. The Hall–Kier alpha value is -2.45. The summed E-state index contributed by atoms with van der Waals surface area (Å²) in [4.78, 5) is 7.05. The summed E-state index contributed by atoms with van der Waals surface area (Å²) in [6.07, 6.45) is 3.29. The van der Waals surface area contributed by atoms with Crippen LogP contribution in [0.15, 0.2) is 48.5 Å². The van der Waals surface area contributed by atoms with Crippen LogP contribution in [0, 0.1) is 5.82 Å². The average molecular weight is 544 g/mol. The highest BCUT2D eigenvalue weighted by molar-refractivity contribution is 6.30. The summed E-state index contributed by atoms with van der Waals surface area (Å²) in [5, 5.41) is 12.8. The van der Waals surface area contributed by atoms with Crippen LogP contribution in [0.1, 0.15) is 37.9 Å². The van der Waals surface area contributed by atoms with Crippen molar-refractivity contribution in [1.29, 1.82) is 0 Å². The topological polar surface area (TPSA) is 47.8 Å². The number of hydrogen-bond acceptors (Lipinski definition) is 5. The van der Waals surface area contributed by atoms with Gasteiger partial charge in [0.1, 0.15) is 5.82 Å². The molecule has 2 aromatic carbocycles. The van der Waals surface area contributed by atoms with Crippen molar-refractivity contribution in [3.8, 4) is 11.3 Å². The SMILES string of the molecule is CC.CN1CCCc2c(c(-c3ccc(Cl)cc3)nn2CCCN2CCN(c3ccccc3F)CC2)C1.CO. The first-order chi connectivity index (χ1) is 18.6. The minimum Gasteiger partial charge on any atom is -0.400 e. The Labute approximate surface area is 232 Å². The number of anilines is 1. The van der Waals surface area contributed by atoms with Gasteiger partial charge in [-0.3, -0.25) is 9.58 Å². The van der Waals surface area contributed by atoms with Crippen molar-refractivity contribution < 1.29 is 9.50 Å². The number of benzene rings is 2. The lowest BCUT2D eigenvalue weighted by molar-refractivity contribution is 0.248. The zero-order valence-electron chi connectivity index (χ0n) is 23.3. The lowest BCUT2D eigenvalue weighted by atomic mass is 10.0. The molecule has 0 aliphatic carbocycles. The van der Waals surface area contributed by atoms with Crippen LogP contribution in [0.5, 0.6) is 0 Å². The largest absolute Gasteiger partial charge is 0.400 e. The number of fused-ring (bicyclic) bond motifs is 1. The molecular weight excluding hydrogens is 501 g/mol. The Balaban J connectivity index is 0.000000956. The van der Waals surface area contributed by atoms with Crippen molar-refractivity contribution >= 4 is 17.3 Å². The van der Waals surface area contributed by atoms with Gasteiger partial charge in [-0.2, -0.15) is 5.10 Å². The maximum Gasteiger partial charge on any atom is 0.146 e. The van der Waals surface area contributed by atoms with Crippen LogP contribution in [-0.2, 0) is 19.5 Å². The molecule has 1 aromatic heterocycles. The first kappa shape index (κ1) is 30.1. The highest BCUT2D eigenvalue weighted by atomic mass is 35.5. The summed E-state index contributed by atoms with van der Waals surface area (Å²) in [5.74, 6) is -0.127. The molecule has 2 aliphatic heterocycles. The monoisotopic (exact) mass is 543 g/mol. The fraction of sp³-hybridized carbons (Fsp3) is 0.500. The third-order valence-corrected chi connectivity index (χ3v) is 7.33. The molecule has 0 saturated carbocycles. The molecule has 38 heavy (non-hydrogen) atoms. The fourth-order valence-corrected chi connectivity index (χ4v) is 5.36. The molecule has 5 rings (SSSR count). The van der Waals surface area contributed by atoms with E-state index >= 15 is 0 Å². The summed E-state index contributed by atoms with van der Waals surface area (Å²) >= 11 is 6.13. The third-order valence-electron chi connectivity index (χ3n) is 7.08. The van der Waals surface area contributed by atoms with Crippen LogP contribution in [0.3, 0.4) is 0 Å². The second-order valence-electron chi connectivity index (χ2n) is 9.48. The molecule has 1 fully saturated rings. The summed E-state index contributed by atoms with van der Waals surface area (Å²) < 4.78 is 16.4. The van der Waals surface area contributed by atoms with Gasteiger partial charge < -0.3 is 14.9 Å². The first-order valence-electron chi connectivity index (χ1n) is 13.8. The maximum absolute atomic E-state index is 14.1. The van der Waals surface area contributed by atoms with E-state index in [0.717, 1.165) is 101 Å². The Kier molecular flexibility index (Phi) is 12.1. The molecular formula is C30H43ClFN5O. The van der Waals surface area contributed by atoms with E-state index in [0.29, 0.717) is 0 Å². The van der Waals surface area contributed by atoms with Crippen molar-refractivity contribution in [1.82, 2.24) is 19.6 Å². The van der Waals surface area contributed by atoms with Crippen molar-refractivity contribution in [2.75, 3.05) is 58.3 Å². The molecule has 0 atom stereocenters. The van der Waals surface area contributed by atoms with Gasteiger partial charge in [0.25, 0.3) is 0 Å². The zero-order valence-corrected chi connectivity index (χ0v) is 24.1. The number of rotatable bonds is 6. The van der Waals surface area contributed by atoms with Gasteiger partial charge >= 0.3 is 0 Å². The predicted octanol–water partition coefficient (Wildman–Crippen LogP) is 5.57. The molecule has 1 saturated heterocycles. The van der Waals surface area contributed by atoms with Gasteiger partial charge in [0, 0.05) is 74.8 Å². The van der Waals surface area contributed by atoms with E-state index in [1.807, 2.05) is 38.1 Å². The van der Waals surface area contributed by atoms with Crippen molar-refractivity contribution in [3.63, 3.8) is 0 Å². The van der Waals surface area contributed by atoms with Crippen LogP contribution >= 0.6 is 11.6 Å². The van der Waals surface area contributed by atoms with Gasteiger partial charge in [0.2, 0.25) is 0 Å². The standard InChI is InChI=1S/C27H33ClFN5.C2H6.CH4O/c1-31-13-4-8-25-23(20-31)27(21-9-11-22(28)12-10-21)30-34(25)15-5-14-32-16-18-33(19-17-32)26-7-3-2-6-24(26)29;2*1-2/h2-3,6-7,9-12H,4-5,8,13-20H2,1H3;1-2H3;2H,1H3. The molecule has 3 aromatic rings. The minimum atomic E-state index is -0.127. The third kappa shape index (κ3) is 7.56. The van der Waals surface area contributed by atoms with E-state index in [-0.39, 0.29) is 5.82 Å². The number of aryl methyl sites for hydroxylation is 1. The molecule has 3 heterocycles. The van der Waals surface area contributed by atoms with E-state index in [2.05, 4.69) is 38.6 Å². The van der Waals surface area contributed by atoms with Gasteiger partial charge in [0.05, 0.1) is 11.4 Å². The number of hydrogen-bond donors (Lipinski definition) is 1. The maximum atomic E-state index is 14.1. The number of aliphatic hydroxyl groups excluding tert-OH is 1. The van der Waals surface area contributed by atoms with Gasteiger partial charge in [-0.05, 0) is 57.1 Å². The molecule has 0 bridgehead atoms. The lowest BCUT2D eigenvalue weighted by Crippen LogP contribution is -2.47. The molecule has 0 radical (unpaired) electrons.